The average molecular weight is 543 g/mol. The number of thioether (sulfide) groups is 1. The Bertz CT molecular complexity index is 1370. The fraction of sp³-hybridized carbons (Fsp3) is 0.0870. The summed E-state index contributed by atoms with van der Waals surface area (Å²) in [5.74, 6) is -1.98. The molecule has 2 heterocycles. The number of halogens is 6. The van der Waals surface area contributed by atoms with Crippen molar-refractivity contribution in [3.05, 3.63) is 82.0 Å². The van der Waals surface area contributed by atoms with Crippen LogP contribution in [0.15, 0.2) is 63.9 Å². The number of thiocarbonyl (C=S) groups is 1. The summed E-state index contributed by atoms with van der Waals surface area (Å²) >= 11 is 6.12. The van der Waals surface area contributed by atoms with E-state index in [4.69, 9.17) is 21.7 Å². The Kier molecular flexibility index (Phi) is 6.47. The SMILES string of the molecule is O=C(O)c1ccc(N2C(=O)C(=Cc3ccc(-c4cc(C(F)(F)F)cc(C(F)(F)F)c4)o3)SC2=S)cc1. The molecule has 0 unspecified atom stereocenters. The first kappa shape index (κ1) is 25.5. The Labute approximate surface area is 208 Å². The van der Waals surface area contributed by atoms with Crippen molar-refractivity contribution >= 4 is 51.9 Å². The number of furan rings is 1. The van der Waals surface area contributed by atoms with E-state index in [2.05, 4.69) is 0 Å². The van der Waals surface area contributed by atoms with Gasteiger partial charge < -0.3 is 9.52 Å². The third-order valence-electron chi connectivity index (χ3n) is 4.94. The van der Waals surface area contributed by atoms with Gasteiger partial charge in [0.15, 0.2) is 4.32 Å². The van der Waals surface area contributed by atoms with Crippen LogP contribution in [0.4, 0.5) is 32.0 Å². The van der Waals surface area contributed by atoms with Gasteiger partial charge in [0.05, 0.1) is 27.3 Å². The molecule has 0 bridgehead atoms. The van der Waals surface area contributed by atoms with Gasteiger partial charge in [-0.15, -0.1) is 0 Å². The predicted molar refractivity (Wildman–Crippen MR) is 123 cm³/mol. The first-order valence-corrected chi connectivity index (χ1v) is 11.0. The van der Waals surface area contributed by atoms with Crippen LogP contribution in [-0.2, 0) is 17.1 Å². The zero-order chi connectivity index (χ0) is 26.4. The molecule has 1 N–H and O–H groups in total. The average Bonchev–Trinajstić information content (AvgIpc) is 3.36. The molecule has 36 heavy (non-hydrogen) atoms. The molecule has 13 heteroatoms. The highest BCUT2D eigenvalue weighted by molar-refractivity contribution is 8.27. The first-order chi connectivity index (χ1) is 16.7. The number of alkyl halides is 6. The second kappa shape index (κ2) is 9.13. The molecular formula is C23H11F6NO4S2. The van der Waals surface area contributed by atoms with Crippen molar-refractivity contribution in [2.75, 3.05) is 4.90 Å². The zero-order valence-electron chi connectivity index (χ0n) is 17.5. The van der Waals surface area contributed by atoms with Gasteiger partial charge in [0, 0.05) is 11.6 Å². The van der Waals surface area contributed by atoms with Gasteiger partial charge in [-0.3, -0.25) is 9.69 Å². The fourth-order valence-electron chi connectivity index (χ4n) is 3.26. The molecule has 0 spiro atoms. The van der Waals surface area contributed by atoms with Crippen LogP contribution < -0.4 is 4.90 Å². The van der Waals surface area contributed by atoms with Gasteiger partial charge in [-0.05, 0) is 54.6 Å². The molecule has 1 amide bonds. The molecule has 1 aliphatic heterocycles. The van der Waals surface area contributed by atoms with Gasteiger partial charge in [-0.1, -0.05) is 24.0 Å². The van der Waals surface area contributed by atoms with E-state index in [1.807, 2.05) is 0 Å². The summed E-state index contributed by atoms with van der Waals surface area (Å²) in [6.07, 6.45) is -8.77. The van der Waals surface area contributed by atoms with Crippen molar-refractivity contribution in [3.8, 4) is 11.3 Å². The van der Waals surface area contributed by atoms with Crippen LogP contribution >= 0.6 is 24.0 Å². The van der Waals surface area contributed by atoms with Gasteiger partial charge in [-0.2, -0.15) is 26.3 Å². The largest absolute Gasteiger partial charge is 0.478 e. The lowest BCUT2D eigenvalue weighted by Crippen LogP contribution is -2.27. The number of benzene rings is 2. The summed E-state index contributed by atoms with van der Waals surface area (Å²) in [6, 6.07) is 8.95. The van der Waals surface area contributed by atoms with Crippen molar-refractivity contribution in [2.24, 2.45) is 0 Å². The first-order valence-electron chi connectivity index (χ1n) is 9.75. The van der Waals surface area contributed by atoms with Gasteiger partial charge in [0.25, 0.3) is 5.91 Å². The highest BCUT2D eigenvalue weighted by Gasteiger charge is 2.37. The molecule has 0 atom stereocenters. The number of carbonyl (C=O) groups excluding carboxylic acids is 1. The Morgan fingerprint density at radius 3 is 2.06 bits per heavy atom. The van der Waals surface area contributed by atoms with Crippen LogP contribution in [0.5, 0.6) is 0 Å². The van der Waals surface area contributed by atoms with Crippen molar-refractivity contribution in [2.45, 2.75) is 12.4 Å². The Morgan fingerprint density at radius 2 is 1.53 bits per heavy atom. The number of carbonyl (C=O) groups is 2. The highest BCUT2D eigenvalue weighted by Crippen LogP contribution is 2.40. The number of anilines is 1. The second-order valence-electron chi connectivity index (χ2n) is 7.37. The monoisotopic (exact) mass is 543 g/mol. The molecule has 186 valence electrons. The molecule has 4 rings (SSSR count). The third-order valence-corrected chi connectivity index (χ3v) is 6.24. The van der Waals surface area contributed by atoms with E-state index in [0.717, 1.165) is 16.7 Å². The molecule has 0 radical (unpaired) electrons. The van der Waals surface area contributed by atoms with Gasteiger partial charge in [0.1, 0.15) is 11.5 Å². The maximum absolute atomic E-state index is 13.2. The number of carboxylic acids is 1. The third kappa shape index (κ3) is 5.16. The summed E-state index contributed by atoms with van der Waals surface area (Å²) < 4.78 is 84.5. The number of hydrogen-bond donors (Lipinski definition) is 1. The number of aromatic carboxylic acids is 1. The Balaban J connectivity index is 1.64. The molecule has 2 aromatic carbocycles. The van der Waals surface area contributed by atoms with Gasteiger partial charge in [0.2, 0.25) is 0 Å². The lowest BCUT2D eigenvalue weighted by atomic mass is 10.0. The normalized spacial score (nSPS) is 15.7. The van der Waals surface area contributed by atoms with Crippen LogP contribution in [0.3, 0.4) is 0 Å². The van der Waals surface area contributed by atoms with Gasteiger partial charge in [-0.25, -0.2) is 4.79 Å². The molecule has 3 aromatic rings. The standard InChI is InChI=1S/C23H11F6NO4S2/c24-22(25,26)13-7-12(8-14(9-13)23(27,28)29)17-6-5-16(34-17)10-18-19(31)30(21(35)36-18)15-3-1-11(2-4-15)20(32)33/h1-10H,(H,32,33). The summed E-state index contributed by atoms with van der Waals surface area (Å²) in [5.41, 5.74) is -3.09. The maximum Gasteiger partial charge on any atom is 0.416 e. The summed E-state index contributed by atoms with van der Waals surface area (Å²) in [5, 5.41) is 9.00. The van der Waals surface area contributed by atoms with Crippen LogP contribution in [0, 0.1) is 0 Å². The lowest BCUT2D eigenvalue weighted by Gasteiger charge is -2.14. The minimum atomic E-state index is -5.01. The number of rotatable bonds is 4. The van der Waals surface area contributed by atoms with Crippen molar-refractivity contribution in [1.29, 1.82) is 0 Å². The minimum absolute atomic E-state index is 0.00213. The van der Waals surface area contributed by atoms with E-state index >= 15 is 0 Å². The van der Waals surface area contributed by atoms with Crippen LogP contribution in [0.1, 0.15) is 27.2 Å². The Morgan fingerprint density at radius 1 is 0.944 bits per heavy atom. The van der Waals surface area contributed by atoms with E-state index in [1.54, 1.807) is 0 Å². The smallest absolute Gasteiger partial charge is 0.416 e. The highest BCUT2D eigenvalue weighted by atomic mass is 32.2. The maximum atomic E-state index is 13.2. The summed E-state index contributed by atoms with van der Waals surface area (Å²) in [4.78, 5) is 25.1. The second-order valence-corrected chi connectivity index (χ2v) is 9.04. The van der Waals surface area contributed by atoms with E-state index in [-0.39, 0.29) is 32.4 Å². The van der Waals surface area contributed by atoms with E-state index < -0.39 is 40.9 Å². The van der Waals surface area contributed by atoms with Gasteiger partial charge >= 0.3 is 18.3 Å². The molecule has 0 aliphatic carbocycles. The number of hydrogen-bond acceptors (Lipinski definition) is 5. The van der Waals surface area contributed by atoms with E-state index in [0.29, 0.717) is 17.8 Å². The Hall–Kier alpha value is -3.58. The number of nitrogens with zero attached hydrogens (tertiary/aromatic N) is 1. The number of carboxylic acid groups (broad SMARTS) is 1. The summed E-state index contributed by atoms with van der Waals surface area (Å²) in [7, 11) is 0. The van der Waals surface area contributed by atoms with Crippen LogP contribution in [-0.4, -0.2) is 21.3 Å². The molecule has 1 aliphatic rings. The molecule has 1 saturated heterocycles. The van der Waals surface area contributed by atoms with Crippen molar-refractivity contribution in [3.63, 3.8) is 0 Å². The zero-order valence-corrected chi connectivity index (χ0v) is 19.1. The number of amides is 1. The lowest BCUT2D eigenvalue weighted by molar-refractivity contribution is -0.143. The van der Waals surface area contributed by atoms with Crippen molar-refractivity contribution in [1.82, 2.24) is 0 Å². The summed E-state index contributed by atoms with van der Waals surface area (Å²) in [6.45, 7) is 0. The van der Waals surface area contributed by atoms with E-state index in [1.165, 1.54) is 42.5 Å². The fourth-order valence-corrected chi connectivity index (χ4v) is 4.53. The molecule has 0 saturated carbocycles. The molecule has 1 aromatic heterocycles. The molecule has 1 fully saturated rings. The van der Waals surface area contributed by atoms with Crippen LogP contribution in [0.25, 0.3) is 17.4 Å². The van der Waals surface area contributed by atoms with E-state index in [9.17, 15) is 35.9 Å². The molecular weight excluding hydrogens is 532 g/mol. The minimum Gasteiger partial charge on any atom is -0.478 e. The van der Waals surface area contributed by atoms with Crippen LogP contribution in [0.2, 0.25) is 0 Å². The molecule has 5 nitrogen and oxygen atoms in total. The quantitative estimate of drug-likeness (QED) is 0.215. The predicted octanol–water partition coefficient (Wildman–Crippen LogP) is 7.09. The topological polar surface area (TPSA) is 70.8 Å². The van der Waals surface area contributed by atoms with Crippen molar-refractivity contribution < 1.29 is 45.5 Å².